The lowest BCUT2D eigenvalue weighted by Gasteiger charge is -2.33. The summed E-state index contributed by atoms with van der Waals surface area (Å²) >= 11 is 0. The Morgan fingerprint density at radius 2 is 1.57 bits per heavy atom. The molecule has 1 atom stereocenters. The summed E-state index contributed by atoms with van der Waals surface area (Å²) in [7, 11) is -3.55. The third-order valence-electron chi connectivity index (χ3n) is 7.89. The number of anilines is 1. The molecule has 1 unspecified atom stereocenters. The molecule has 0 saturated heterocycles. The largest absolute Gasteiger partial charge is 0.352 e. The first-order valence-electron chi connectivity index (χ1n) is 14.8. The number of nitrogens with one attached hydrogen (secondary N) is 1. The average molecular weight is 590 g/mol. The van der Waals surface area contributed by atoms with Gasteiger partial charge in [-0.05, 0) is 61.9 Å². The highest BCUT2D eigenvalue weighted by Crippen LogP contribution is 2.22. The Morgan fingerprint density at radius 3 is 2.21 bits per heavy atom. The molecule has 3 aromatic carbocycles. The fraction of sp³-hybridized carbons (Fsp3) is 0.412. The highest BCUT2D eigenvalue weighted by molar-refractivity contribution is 7.92. The van der Waals surface area contributed by atoms with E-state index in [4.69, 9.17) is 0 Å². The van der Waals surface area contributed by atoms with Crippen LogP contribution in [0.15, 0.2) is 78.9 Å². The van der Waals surface area contributed by atoms with Crippen LogP contribution in [-0.4, -0.2) is 50.0 Å². The van der Waals surface area contributed by atoms with Gasteiger partial charge in [0.25, 0.3) is 0 Å². The number of nitrogens with zero attached hydrogens (tertiary/aromatic N) is 2. The average Bonchev–Trinajstić information content (AvgIpc) is 3.47. The molecule has 4 rings (SSSR count). The van der Waals surface area contributed by atoms with Gasteiger partial charge in [-0.25, -0.2) is 8.42 Å². The van der Waals surface area contributed by atoms with Crippen molar-refractivity contribution in [3.8, 4) is 0 Å². The van der Waals surface area contributed by atoms with Crippen molar-refractivity contribution in [2.45, 2.75) is 77.4 Å². The molecule has 0 aromatic heterocycles. The second kappa shape index (κ2) is 14.5. The summed E-state index contributed by atoms with van der Waals surface area (Å²) in [6.45, 7) is 4.40. The first kappa shape index (κ1) is 31.3. The highest BCUT2D eigenvalue weighted by Gasteiger charge is 2.32. The minimum absolute atomic E-state index is 0.117. The van der Waals surface area contributed by atoms with Crippen molar-refractivity contribution in [3.05, 3.63) is 101 Å². The molecule has 0 bridgehead atoms. The summed E-state index contributed by atoms with van der Waals surface area (Å²) in [6.07, 6.45) is 6.13. The molecule has 1 aliphatic carbocycles. The quantitative estimate of drug-likeness (QED) is 0.283. The zero-order valence-corrected chi connectivity index (χ0v) is 25.8. The summed E-state index contributed by atoms with van der Waals surface area (Å²) in [4.78, 5) is 29.5. The topological polar surface area (TPSA) is 86.8 Å². The van der Waals surface area contributed by atoms with Gasteiger partial charge in [-0.3, -0.25) is 13.9 Å². The van der Waals surface area contributed by atoms with E-state index in [1.165, 1.54) is 10.6 Å². The van der Waals surface area contributed by atoms with Gasteiger partial charge in [0.05, 0.1) is 11.9 Å². The zero-order valence-electron chi connectivity index (χ0n) is 25.0. The van der Waals surface area contributed by atoms with Crippen LogP contribution in [0.3, 0.4) is 0 Å². The predicted molar refractivity (Wildman–Crippen MR) is 169 cm³/mol. The van der Waals surface area contributed by atoms with E-state index in [1.807, 2.05) is 86.6 Å². The Labute approximate surface area is 251 Å². The van der Waals surface area contributed by atoms with E-state index in [0.29, 0.717) is 25.1 Å². The van der Waals surface area contributed by atoms with Crippen molar-refractivity contribution >= 4 is 27.5 Å². The first-order chi connectivity index (χ1) is 20.1. The zero-order chi connectivity index (χ0) is 30.1. The van der Waals surface area contributed by atoms with Crippen LogP contribution in [0.5, 0.6) is 0 Å². The Bertz CT molecular complexity index is 1440. The summed E-state index contributed by atoms with van der Waals surface area (Å²) in [6, 6.07) is 24.6. The molecule has 42 heavy (non-hydrogen) atoms. The fourth-order valence-corrected chi connectivity index (χ4v) is 6.56. The van der Waals surface area contributed by atoms with Crippen molar-refractivity contribution in [3.63, 3.8) is 0 Å². The van der Waals surface area contributed by atoms with Crippen LogP contribution in [-0.2, 0) is 32.6 Å². The minimum Gasteiger partial charge on any atom is -0.352 e. The number of carbonyl (C=O) groups is 2. The number of hydrogen-bond acceptors (Lipinski definition) is 4. The van der Waals surface area contributed by atoms with Gasteiger partial charge in [0, 0.05) is 32.0 Å². The molecule has 7 nitrogen and oxygen atoms in total. The lowest BCUT2D eigenvalue weighted by molar-refractivity contribution is -0.141. The minimum atomic E-state index is -3.55. The standard InChI is InChI=1S/C34H43N3O4S/c1-26-18-20-29(21-19-26)25-36(32(24-28-12-5-4-6-13-28)34(39)35-30-14-7-8-15-30)33(38)17-10-22-37(42(3,40)41)31-16-9-11-27(2)23-31/h4-6,9,11-13,16,18-21,23,30,32H,7-8,10,14-15,17,22,24-25H2,1-3H3,(H,35,39). The normalized spacial score (nSPS) is 14.4. The second-order valence-electron chi connectivity index (χ2n) is 11.5. The molecule has 1 aliphatic rings. The Hall–Kier alpha value is -3.65. The lowest BCUT2D eigenvalue weighted by atomic mass is 10.0. The molecule has 0 heterocycles. The van der Waals surface area contributed by atoms with Crippen molar-refractivity contribution in [1.29, 1.82) is 0 Å². The molecular weight excluding hydrogens is 546 g/mol. The van der Waals surface area contributed by atoms with E-state index in [9.17, 15) is 18.0 Å². The third-order valence-corrected chi connectivity index (χ3v) is 9.08. The van der Waals surface area contributed by atoms with E-state index in [2.05, 4.69) is 5.32 Å². The first-order valence-corrected chi connectivity index (χ1v) is 16.7. The smallest absolute Gasteiger partial charge is 0.243 e. The van der Waals surface area contributed by atoms with Crippen LogP contribution >= 0.6 is 0 Å². The van der Waals surface area contributed by atoms with Crippen LogP contribution in [0.2, 0.25) is 0 Å². The highest BCUT2D eigenvalue weighted by atomic mass is 32.2. The Kier molecular flexibility index (Phi) is 10.8. The molecule has 1 N–H and O–H groups in total. The second-order valence-corrected chi connectivity index (χ2v) is 13.4. The van der Waals surface area contributed by atoms with Gasteiger partial charge in [-0.2, -0.15) is 0 Å². The third kappa shape index (κ3) is 8.92. The van der Waals surface area contributed by atoms with Gasteiger partial charge in [0.15, 0.2) is 0 Å². The molecule has 3 aromatic rings. The van der Waals surface area contributed by atoms with Gasteiger partial charge in [0.1, 0.15) is 6.04 Å². The summed E-state index contributed by atoms with van der Waals surface area (Å²) in [5, 5.41) is 3.23. The van der Waals surface area contributed by atoms with Crippen molar-refractivity contribution in [1.82, 2.24) is 10.2 Å². The van der Waals surface area contributed by atoms with E-state index in [0.717, 1.165) is 47.9 Å². The molecule has 0 aliphatic heterocycles. The molecule has 2 amide bonds. The van der Waals surface area contributed by atoms with Crippen molar-refractivity contribution < 1.29 is 18.0 Å². The lowest BCUT2D eigenvalue weighted by Crippen LogP contribution is -2.52. The number of aryl methyl sites for hydroxylation is 2. The number of rotatable bonds is 13. The van der Waals surface area contributed by atoms with Crippen LogP contribution in [0.1, 0.15) is 60.8 Å². The van der Waals surface area contributed by atoms with E-state index in [-0.39, 0.29) is 30.8 Å². The molecule has 1 saturated carbocycles. The molecule has 0 radical (unpaired) electrons. The summed E-state index contributed by atoms with van der Waals surface area (Å²) < 4.78 is 26.7. The van der Waals surface area contributed by atoms with Crippen molar-refractivity contribution in [2.24, 2.45) is 0 Å². The van der Waals surface area contributed by atoms with E-state index in [1.54, 1.807) is 11.0 Å². The number of hydrogen-bond donors (Lipinski definition) is 1. The predicted octanol–water partition coefficient (Wildman–Crippen LogP) is 5.55. The molecule has 0 spiro atoms. The molecular formula is C34H43N3O4S. The Morgan fingerprint density at radius 1 is 0.881 bits per heavy atom. The SMILES string of the molecule is Cc1ccc(CN(C(=O)CCCN(c2cccc(C)c2)S(C)(=O)=O)C(Cc2ccccc2)C(=O)NC2CCCC2)cc1. The molecule has 1 fully saturated rings. The monoisotopic (exact) mass is 589 g/mol. The number of sulfonamides is 1. The van der Waals surface area contributed by atoms with E-state index < -0.39 is 16.1 Å². The van der Waals surface area contributed by atoms with Crippen molar-refractivity contribution in [2.75, 3.05) is 17.1 Å². The summed E-state index contributed by atoms with van der Waals surface area (Å²) in [5.41, 5.74) is 4.58. The van der Waals surface area contributed by atoms with Crippen LogP contribution in [0, 0.1) is 13.8 Å². The molecule has 8 heteroatoms. The van der Waals surface area contributed by atoms with Crippen LogP contribution < -0.4 is 9.62 Å². The maximum Gasteiger partial charge on any atom is 0.243 e. The Balaban J connectivity index is 1.58. The van der Waals surface area contributed by atoms with Gasteiger partial charge in [-0.1, -0.05) is 85.1 Å². The van der Waals surface area contributed by atoms with Gasteiger partial charge >= 0.3 is 0 Å². The van der Waals surface area contributed by atoms with Gasteiger partial charge in [-0.15, -0.1) is 0 Å². The van der Waals surface area contributed by atoms with Crippen LogP contribution in [0.4, 0.5) is 5.69 Å². The number of carbonyl (C=O) groups excluding carboxylic acids is 2. The maximum absolute atomic E-state index is 14.0. The number of benzene rings is 3. The van der Waals surface area contributed by atoms with Gasteiger partial charge in [0.2, 0.25) is 21.8 Å². The number of amides is 2. The van der Waals surface area contributed by atoms with Gasteiger partial charge < -0.3 is 10.2 Å². The fourth-order valence-electron chi connectivity index (χ4n) is 5.60. The maximum atomic E-state index is 14.0. The van der Waals surface area contributed by atoms with Crippen LogP contribution in [0.25, 0.3) is 0 Å². The van der Waals surface area contributed by atoms with E-state index >= 15 is 0 Å². The molecule has 224 valence electrons. The summed E-state index contributed by atoms with van der Waals surface area (Å²) in [5.74, 6) is -0.306.